The molecular weight excluding hydrogens is 559 g/mol. The van der Waals surface area contributed by atoms with E-state index >= 15 is 0 Å². The van der Waals surface area contributed by atoms with Crippen molar-refractivity contribution in [3.63, 3.8) is 0 Å². The molecule has 2 aromatic rings. The maximum absolute atomic E-state index is 13.6. The molecule has 2 aliphatic rings. The van der Waals surface area contributed by atoms with Crippen molar-refractivity contribution in [3.8, 4) is 5.75 Å². The summed E-state index contributed by atoms with van der Waals surface area (Å²) in [6.45, 7) is 13.1. The Labute approximate surface area is 242 Å². The van der Waals surface area contributed by atoms with Gasteiger partial charge in [0.15, 0.2) is 4.80 Å². The highest BCUT2D eigenvalue weighted by molar-refractivity contribution is 7.09. The van der Waals surface area contributed by atoms with Gasteiger partial charge in [-0.25, -0.2) is 4.79 Å². The fourth-order valence-corrected chi connectivity index (χ4v) is 5.52. The predicted octanol–water partition coefficient (Wildman–Crippen LogP) is 6.17. The zero-order chi connectivity index (χ0) is 30.2. The van der Waals surface area contributed by atoms with Gasteiger partial charge in [0.2, 0.25) is 0 Å². The number of halogens is 3. The van der Waals surface area contributed by atoms with Gasteiger partial charge < -0.3 is 23.7 Å². The minimum atomic E-state index is -4.66. The monoisotopic (exact) mass is 597 g/mol. The van der Waals surface area contributed by atoms with Crippen LogP contribution in [0.15, 0.2) is 29.4 Å². The number of amides is 2. The van der Waals surface area contributed by atoms with Crippen molar-refractivity contribution in [2.24, 2.45) is 4.99 Å². The van der Waals surface area contributed by atoms with Crippen molar-refractivity contribution in [2.75, 3.05) is 19.8 Å². The van der Waals surface area contributed by atoms with Gasteiger partial charge >= 0.3 is 12.3 Å². The van der Waals surface area contributed by atoms with Crippen LogP contribution in [-0.4, -0.2) is 59.0 Å². The molecular formula is C29H38F3N3O5S. The SMILES string of the molecule is CC(C)(C)OC(=O)N1CC[C@@H]1COc1ccc(C(F)(F)F)cc1C(=O)N=c1sc(C(C)(C)C)cn1C[C@H]1CCCO1. The molecule has 0 unspecified atom stereocenters. The van der Waals surface area contributed by atoms with Gasteiger partial charge in [-0.2, -0.15) is 18.2 Å². The summed E-state index contributed by atoms with van der Waals surface area (Å²) >= 11 is 1.33. The average molecular weight is 598 g/mol. The van der Waals surface area contributed by atoms with Crippen molar-refractivity contribution in [1.82, 2.24) is 9.47 Å². The molecule has 0 N–H and O–H groups in total. The fourth-order valence-electron chi connectivity index (χ4n) is 4.46. The second-order valence-electron chi connectivity index (χ2n) is 12.5. The van der Waals surface area contributed by atoms with Crippen LogP contribution in [0.25, 0.3) is 0 Å². The first-order chi connectivity index (χ1) is 19.0. The summed E-state index contributed by atoms with van der Waals surface area (Å²) in [5, 5.41) is 0. The Hall–Kier alpha value is -2.86. The van der Waals surface area contributed by atoms with Crippen LogP contribution < -0.4 is 9.54 Å². The van der Waals surface area contributed by atoms with E-state index in [9.17, 15) is 22.8 Å². The molecule has 226 valence electrons. The van der Waals surface area contributed by atoms with Crippen molar-refractivity contribution in [2.45, 2.75) is 96.7 Å². The summed E-state index contributed by atoms with van der Waals surface area (Å²) in [6.07, 6.45) is -0.755. The van der Waals surface area contributed by atoms with Crippen LogP contribution in [0.4, 0.5) is 18.0 Å². The molecule has 0 radical (unpaired) electrons. The number of thiazole rings is 1. The zero-order valence-corrected chi connectivity index (χ0v) is 25.2. The summed E-state index contributed by atoms with van der Waals surface area (Å²) in [7, 11) is 0. The molecule has 12 heteroatoms. The Kier molecular flexibility index (Phi) is 8.94. The van der Waals surface area contributed by atoms with Crippen molar-refractivity contribution in [3.05, 3.63) is 45.2 Å². The van der Waals surface area contributed by atoms with Gasteiger partial charge in [-0.15, -0.1) is 11.3 Å². The Bertz CT molecular complexity index is 1330. The van der Waals surface area contributed by atoms with Gasteiger partial charge in [-0.3, -0.25) is 4.79 Å². The Morgan fingerprint density at radius 2 is 1.85 bits per heavy atom. The standard InChI is InChI=1S/C29H38F3N3O5S/c1-27(2,3)23-16-34(15-20-8-7-13-38-20)25(41-23)33-24(36)21-14-18(29(30,31)32)9-10-22(21)39-17-19-11-12-35(19)26(37)40-28(4,5)6/h9-10,14,16,19-20H,7-8,11-13,15,17H2,1-6H3/t19-,20-/m1/s1. The van der Waals surface area contributed by atoms with Gasteiger partial charge in [0, 0.05) is 24.2 Å². The number of carbonyl (C=O) groups is 2. The molecule has 2 saturated heterocycles. The van der Waals surface area contributed by atoms with E-state index in [1.165, 1.54) is 16.2 Å². The first kappa shape index (κ1) is 31.1. The summed E-state index contributed by atoms with van der Waals surface area (Å²) in [5.41, 5.74) is -2.15. The number of rotatable bonds is 6. The van der Waals surface area contributed by atoms with Crippen LogP contribution in [0.2, 0.25) is 0 Å². The normalized spacial score (nSPS) is 20.2. The van der Waals surface area contributed by atoms with Gasteiger partial charge in [0.25, 0.3) is 5.91 Å². The van der Waals surface area contributed by atoms with Crippen LogP contribution in [0.1, 0.15) is 81.6 Å². The molecule has 0 spiro atoms. The first-order valence-electron chi connectivity index (χ1n) is 13.8. The molecule has 2 fully saturated rings. The topological polar surface area (TPSA) is 82.4 Å². The van der Waals surface area contributed by atoms with Gasteiger partial charge in [-0.1, -0.05) is 20.8 Å². The van der Waals surface area contributed by atoms with Crippen LogP contribution in [0.3, 0.4) is 0 Å². The number of likely N-dealkylation sites (tertiary alicyclic amines) is 1. The quantitative estimate of drug-likeness (QED) is 0.398. The van der Waals surface area contributed by atoms with Gasteiger partial charge in [0.1, 0.15) is 18.0 Å². The second-order valence-corrected chi connectivity index (χ2v) is 13.5. The fraction of sp³-hybridized carbons (Fsp3) is 0.621. The number of hydrogen-bond acceptors (Lipinski definition) is 6. The molecule has 2 amide bonds. The van der Waals surface area contributed by atoms with E-state index in [2.05, 4.69) is 4.99 Å². The largest absolute Gasteiger partial charge is 0.491 e. The second kappa shape index (κ2) is 11.8. The number of carbonyl (C=O) groups excluding carboxylic acids is 2. The lowest BCUT2D eigenvalue weighted by Crippen LogP contribution is -2.55. The number of ether oxygens (including phenoxy) is 3. The third-order valence-corrected chi connectivity index (χ3v) is 8.27. The molecule has 1 aromatic heterocycles. The molecule has 0 bridgehead atoms. The third-order valence-electron chi connectivity index (χ3n) is 6.82. The van der Waals surface area contributed by atoms with Crippen LogP contribution in [-0.2, 0) is 27.6 Å². The number of aromatic nitrogens is 1. The first-order valence-corrected chi connectivity index (χ1v) is 14.6. The lowest BCUT2D eigenvalue weighted by molar-refractivity contribution is -0.137. The Balaban J connectivity index is 1.62. The Morgan fingerprint density at radius 3 is 2.41 bits per heavy atom. The van der Waals surface area contributed by atoms with E-state index in [1.807, 2.05) is 31.5 Å². The number of benzene rings is 1. The molecule has 2 aliphatic heterocycles. The number of hydrogen-bond donors (Lipinski definition) is 0. The van der Waals surface area contributed by atoms with Gasteiger partial charge in [0.05, 0.1) is 29.8 Å². The highest BCUT2D eigenvalue weighted by atomic mass is 32.1. The van der Waals surface area contributed by atoms with Crippen molar-refractivity contribution >= 4 is 23.3 Å². The van der Waals surface area contributed by atoms with Crippen molar-refractivity contribution < 1.29 is 37.0 Å². The molecule has 41 heavy (non-hydrogen) atoms. The minimum Gasteiger partial charge on any atom is -0.491 e. The average Bonchev–Trinajstić information content (AvgIpc) is 3.47. The maximum atomic E-state index is 13.6. The van der Waals surface area contributed by atoms with Crippen molar-refractivity contribution in [1.29, 1.82) is 0 Å². The third kappa shape index (κ3) is 7.91. The van der Waals surface area contributed by atoms with Crippen LogP contribution in [0.5, 0.6) is 5.75 Å². The number of alkyl halides is 3. The molecule has 4 rings (SSSR count). The molecule has 0 saturated carbocycles. The summed E-state index contributed by atoms with van der Waals surface area (Å²) in [4.78, 5) is 33.1. The highest BCUT2D eigenvalue weighted by Crippen LogP contribution is 2.34. The summed E-state index contributed by atoms with van der Waals surface area (Å²) in [5.74, 6) is -0.867. The smallest absolute Gasteiger partial charge is 0.416 e. The molecule has 2 atom stereocenters. The molecule has 8 nitrogen and oxygen atoms in total. The summed E-state index contributed by atoms with van der Waals surface area (Å²) in [6, 6.07) is 2.46. The maximum Gasteiger partial charge on any atom is 0.416 e. The molecule has 3 heterocycles. The van der Waals surface area contributed by atoms with E-state index in [0.29, 0.717) is 30.9 Å². The van der Waals surface area contributed by atoms with Crippen LogP contribution in [0, 0.1) is 0 Å². The minimum absolute atomic E-state index is 0.00290. The van der Waals surface area contributed by atoms with Crippen LogP contribution >= 0.6 is 11.3 Å². The Morgan fingerprint density at radius 1 is 1.12 bits per heavy atom. The number of nitrogens with zero attached hydrogens (tertiary/aromatic N) is 3. The predicted molar refractivity (Wildman–Crippen MR) is 148 cm³/mol. The van der Waals surface area contributed by atoms with E-state index in [1.54, 1.807) is 20.8 Å². The summed E-state index contributed by atoms with van der Waals surface area (Å²) < 4.78 is 59.7. The van der Waals surface area contributed by atoms with E-state index in [-0.39, 0.29) is 35.5 Å². The molecule has 1 aromatic carbocycles. The molecule has 0 aliphatic carbocycles. The van der Waals surface area contributed by atoms with E-state index in [4.69, 9.17) is 14.2 Å². The van der Waals surface area contributed by atoms with Gasteiger partial charge in [-0.05, 0) is 63.6 Å². The highest BCUT2D eigenvalue weighted by Gasteiger charge is 2.37. The van der Waals surface area contributed by atoms with E-state index < -0.39 is 29.3 Å². The lowest BCUT2D eigenvalue weighted by atomic mass is 9.95. The lowest BCUT2D eigenvalue weighted by Gasteiger charge is -2.41. The van der Waals surface area contributed by atoms with E-state index in [0.717, 1.165) is 35.9 Å². The zero-order valence-electron chi connectivity index (χ0n) is 24.3.